The van der Waals surface area contributed by atoms with Crippen LogP contribution in [-0.4, -0.2) is 126 Å². The molecule has 43 heavy (non-hydrogen) atoms. The van der Waals surface area contributed by atoms with Gasteiger partial charge in [0.15, 0.2) is 17.3 Å². The minimum absolute atomic E-state index is 0.0534. The van der Waals surface area contributed by atoms with Crippen molar-refractivity contribution in [2.45, 2.75) is 56.4 Å². The molecule has 1 amide bonds. The molecule has 0 atom stereocenters. The van der Waals surface area contributed by atoms with Crippen LogP contribution in [0.1, 0.15) is 48.8 Å². The number of amides is 1. The zero-order chi connectivity index (χ0) is 30.6. The van der Waals surface area contributed by atoms with Gasteiger partial charge in [0.2, 0.25) is 0 Å². The van der Waals surface area contributed by atoms with Crippen molar-refractivity contribution in [3.05, 3.63) is 29.6 Å². The lowest BCUT2D eigenvalue weighted by atomic mass is 9.52. The van der Waals surface area contributed by atoms with E-state index in [9.17, 15) is 4.79 Å². The van der Waals surface area contributed by atoms with Crippen LogP contribution in [0.15, 0.2) is 18.2 Å². The smallest absolute Gasteiger partial charge is 0.271 e. The number of piperidine rings is 1. The summed E-state index contributed by atoms with van der Waals surface area (Å²) in [5.74, 6) is 0.604. The lowest BCUT2D eigenvalue weighted by Crippen LogP contribution is -2.52. The molecular weight excluding hydrogens is 541 g/mol. The third-order valence-electron chi connectivity index (χ3n) is 8.47. The third kappa shape index (κ3) is 8.16. The first-order valence-electron chi connectivity index (χ1n) is 15.3. The number of likely N-dealkylation sites (N-methyl/N-ethyl adjacent to an activating group) is 1. The topological polar surface area (TPSA) is 121 Å². The van der Waals surface area contributed by atoms with E-state index in [2.05, 4.69) is 37.4 Å². The summed E-state index contributed by atoms with van der Waals surface area (Å²) in [5.41, 5.74) is 7.89. The standard InChI is InChI=1S/C29H41B3N8O3/c1-3-22-27(34-19-8-16-42-17-9-19)37-28(25(36-22)26(33)41)35-20-4-5-23(24(18-20)43-29(30,31)32)40-10-6-21(7-11-40)39-14-12-38(2)13-15-39/h4-5,18-19,21H,3,6-17H2,1-2H3,(H2,33,41)(H2,34,35,37). The number of nitrogens with one attached hydrogen (secondary N) is 2. The average Bonchev–Trinajstić information content (AvgIpc) is 2.98. The number of benzene rings is 1. The van der Waals surface area contributed by atoms with Gasteiger partial charge in [-0.15, -0.1) is 0 Å². The number of ether oxygens (including phenoxy) is 2. The molecular formula is C29H41B3N8O3. The van der Waals surface area contributed by atoms with Gasteiger partial charge in [-0.1, -0.05) is 6.92 Å². The second kappa shape index (κ2) is 13.8. The van der Waals surface area contributed by atoms with Gasteiger partial charge in [-0.05, 0) is 56.6 Å². The summed E-state index contributed by atoms with van der Waals surface area (Å²) in [7, 11) is 19.8. The van der Waals surface area contributed by atoms with E-state index in [0.29, 0.717) is 48.6 Å². The molecule has 0 unspecified atom stereocenters. The maximum absolute atomic E-state index is 12.4. The molecule has 0 aliphatic carbocycles. The summed E-state index contributed by atoms with van der Waals surface area (Å²) in [6.07, 6.45) is 4.40. The van der Waals surface area contributed by atoms with E-state index < -0.39 is 11.2 Å². The molecule has 3 aliphatic rings. The van der Waals surface area contributed by atoms with E-state index in [1.54, 1.807) is 6.07 Å². The second-order valence-electron chi connectivity index (χ2n) is 11.8. The predicted octanol–water partition coefficient (Wildman–Crippen LogP) is 1.18. The summed E-state index contributed by atoms with van der Waals surface area (Å²) < 4.78 is 11.3. The number of nitrogens with zero attached hydrogens (tertiary/aromatic N) is 5. The number of piperazine rings is 1. The van der Waals surface area contributed by atoms with Crippen molar-refractivity contribution in [2.75, 3.05) is 75.1 Å². The molecule has 14 heteroatoms. The van der Waals surface area contributed by atoms with Crippen molar-refractivity contribution < 1.29 is 14.3 Å². The highest BCUT2D eigenvalue weighted by Gasteiger charge is 2.29. The molecule has 224 valence electrons. The van der Waals surface area contributed by atoms with Crippen LogP contribution < -0.4 is 26.0 Å². The van der Waals surface area contributed by atoms with Crippen molar-refractivity contribution in [2.24, 2.45) is 5.73 Å². The van der Waals surface area contributed by atoms with Crippen LogP contribution in [0.3, 0.4) is 0 Å². The Labute approximate surface area is 258 Å². The minimum Gasteiger partial charge on any atom is -0.514 e. The molecule has 3 fully saturated rings. The van der Waals surface area contributed by atoms with Crippen molar-refractivity contribution in [3.63, 3.8) is 0 Å². The van der Waals surface area contributed by atoms with Gasteiger partial charge in [-0.3, -0.25) is 9.69 Å². The first-order chi connectivity index (χ1) is 20.6. The Morgan fingerprint density at radius 2 is 1.74 bits per heavy atom. The molecule has 0 bridgehead atoms. The van der Waals surface area contributed by atoms with Gasteiger partial charge in [0.05, 0.1) is 11.4 Å². The Morgan fingerprint density at radius 3 is 2.37 bits per heavy atom. The number of carbonyl (C=O) groups is 1. The number of hydrogen-bond acceptors (Lipinski definition) is 10. The van der Waals surface area contributed by atoms with Gasteiger partial charge in [0.1, 0.15) is 29.3 Å². The van der Waals surface area contributed by atoms with Gasteiger partial charge in [0, 0.05) is 76.3 Å². The Morgan fingerprint density at radius 1 is 1.05 bits per heavy atom. The fourth-order valence-electron chi connectivity index (χ4n) is 6.05. The normalized spacial score (nSPS) is 19.7. The van der Waals surface area contributed by atoms with E-state index in [4.69, 9.17) is 43.7 Å². The molecule has 5 rings (SSSR count). The molecule has 11 nitrogen and oxygen atoms in total. The number of aromatic nitrogens is 2. The Hall–Kier alpha value is -2.96. The van der Waals surface area contributed by atoms with Crippen LogP contribution in [0.5, 0.6) is 5.75 Å². The Kier molecular flexibility index (Phi) is 10.1. The molecule has 4 N–H and O–H groups in total. The van der Waals surface area contributed by atoms with E-state index in [0.717, 1.165) is 70.6 Å². The molecule has 3 saturated heterocycles. The number of primary amides is 1. The quantitative estimate of drug-likeness (QED) is 0.353. The van der Waals surface area contributed by atoms with E-state index in [1.165, 1.54) is 0 Å². The lowest BCUT2D eigenvalue weighted by molar-refractivity contribution is 0.0903. The van der Waals surface area contributed by atoms with Crippen LogP contribution >= 0.6 is 0 Å². The van der Waals surface area contributed by atoms with Gasteiger partial charge in [-0.25, -0.2) is 9.97 Å². The number of aryl methyl sites for hydroxylation is 1. The highest BCUT2D eigenvalue weighted by Crippen LogP contribution is 2.36. The largest absolute Gasteiger partial charge is 0.514 e. The summed E-state index contributed by atoms with van der Waals surface area (Å²) in [6.45, 7) is 9.49. The Bertz CT molecular complexity index is 1260. The predicted molar refractivity (Wildman–Crippen MR) is 172 cm³/mol. The summed E-state index contributed by atoms with van der Waals surface area (Å²) in [5, 5.41) is 4.82. The monoisotopic (exact) mass is 582 g/mol. The van der Waals surface area contributed by atoms with Crippen molar-refractivity contribution >= 4 is 52.5 Å². The van der Waals surface area contributed by atoms with Crippen molar-refractivity contribution in [1.29, 1.82) is 0 Å². The summed E-state index contributed by atoms with van der Waals surface area (Å²) >= 11 is 0. The van der Waals surface area contributed by atoms with Crippen LogP contribution in [0.2, 0.25) is 0 Å². The molecule has 2 aromatic rings. The number of anilines is 4. The van der Waals surface area contributed by atoms with Crippen LogP contribution in [-0.2, 0) is 11.2 Å². The maximum atomic E-state index is 12.4. The molecule has 1 aromatic carbocycles. The number of rotatable bonds is 10. The third-order valence-corrected chi connectivity index (χ3v) is 8.47. The van der Waals surface area contributed by atoms with Gasteiger partial charge >= 0.3 is 0 Å². The summed E-state index contributed by atoms with van der Waals surface area (Å²) in [6, 6.07) is 6.36. The van der Waals surface area contributed by atoms with Crippen molar-refractivity contribution in [3.8, 4) is 5.75 Å². The van der Waals surface area contributed by atoms with Gasteiger partial charge in [-0.2, -0.15) is 0 Å². The minimum atomic E-state index is -1.88. The zero-order valence-electron chi connectivity index (χ0n) is 25.3. The Balaban J connectivity index is 1.37. The molecule has 1 aromatic heterocycles. The van der Waals surface area contributed by atoms with Crippen molar-refractivity contribution in [1.82, 2.24) is 19.8 Å². The second-order valence-corrected chi connectivity index (χ2v) is 11.8. The molecule has 6 radical (unpaired) electrons. The van der Waals surface area contributed by atoms with Crippen LogP contribution in [0.4, 0.5) is 23.0 Å². The van der Waals surface area contributed by atoms with Gasteiger partial charge < -0.3 is 35.6 Å². The highest BCUT2D eigenvalue weighted by atomic mass is 16.5. The molecule has 0 spiro atoms. The maximum Gasteiger partial charge on any atom is 0.271 e. The van der Waals surface area contributed by atoms with E-state index in [-0.39, 0.29) is 17.6 Å². The first-order valence-corrected chi connectivity index (χ1v) is 15.3. The molecule has 4 heterocycles. The molecule has 3 aliphatic heterocycles. The molecule has 0 saturated carbocycles. The fraction of sp³-hybridized carbons (Fsp3) is 0.621. The van der Waals surface area contributed by atoms with Crippen LogP contribution in [0, 0.1) is 0 Å². The highest BCUT2D eigenvalue weighted by molar-refractivity contribution is 6.58. The SMILES string of the molecule is [B]C([B])([B])Oc1cc(Nc2nc(NC3CCOCC3)c(CC)nc2C(N)=O)ccc1N1CCC(N2CCN(C)CC2)CC1. The number of carbonyl (C=O) groups excluding carboxylic acids is 1. The average molecular weight is 582 g/mol. The van der Waals surface area contributed by atoms with Crippen LogP contribution in [0.25, 0.3) is 0 Å². The van der Waals surface area contributed by atoms with Gasteiger partial charge in [0.25, 0.3) is 5.91 Å². The number of nitrogens with two attached hydrogens (primary N) is 1. The zero-order valence-corrected chi connectivity index (χ0v) is 25.3. The van der Waals surface area contributed by atoms with E-state index in [1.807, 2.05) is 19.1 Å². The number of hydrogen-bond donors (Lipinski definition) is 3. The fourth-order valence-corrected chi connectivity index (χ4v) is 6.05. The summed E-state index contributed by atoms with van der Waals surface area (Å²) in [4.78, 5) is 29.0. The first kappa shape index (κ1) is 31.5. The lowest BCUT2D eigenvalue weighted by Gasteiger charge is -2.43. The van der Waals surface area contributed by atoms with E-state index >= 15 is 0 Å².